The van der Waals surface area contributed by atoms with Crippen molar-refractivity contribution in [2.75, 3.05) is 20.3 Å². The van der Waals surface area contributed by atoms with Crippen molar-refractivity contribution >= 4 is 51.9 Å². The molecule has 1 fully saturated rings. The molecule has 1 N–H and O–H groups in total. The predicted molar refractivity (Wildman–Crippen MR) is 126 cm³/mol. The Morgan fingerprint density at radius 3 is 2.53 bits per heavy atom. The number of amides is 1. The smallest absolute Gasteiger partial charge is 0.263 e. The van der Waals surface area contributed by atoms with Crippen molar-refractivity contribution in [3.8, 4) is 17.2 Å². The molecular formula is C22H20ClNO4S2. The second-order valence-corrected chi connectivity index (χ2v) is 8.36. The number of ether oxygens (including phenoxy) is 3. The van der Waals surface area contributed by atoms with Gasteiger partial charge in [0.05, 0.1) is 12.0 Å². The van der Waals surface area contributed by atoms with Gasteiger partial charge in [-0.3, -0.25) is 4.79 Å². The standard InChI is InChI=1S/C22H20ClNO4S2/c1-3-4-14-5-7-18(19(11-14)26-2)28-10-9-27-17-8-6-16(23)12-15(17)13-20-21(25)24-22(29)30-20/h3,5-8,11-13H,1,4,9-10H2,2H3,(H,24,25,29)/b20-13+. The molecule has 5 nitrogen and oxygen atoms in total. The lowest BCUT2D eigenvalue weighted by Crippen LogP contribution is -2.17. The Bertz CT molecular complexity index is 1010. The molecule has 2 aromatic rings. The Kier molecular flexibility index (Phi) is 7.79. The third-order valence-electron chi connectivity index (χ3n) is 4.11. The highest BCUT2D eigenvalue weighted by Crippen LogP contribution is 2.31. The fourth-order valence-electron chi connectivity index (χ4n) is 2.75. The number of carbonyl (C=O) groups is 1. The molecular weight excluding hydrogens is 442 g/mol. The van der Waals surface area contributed by atoms with E-state index in [9.17, 15) is 4.79 Å². The highest BCUT2D eigenvalue weighted by atomic mass is 35.5. The average Bonchev–Trinajstić information content (AvgIpc) is 3.04. The summed E-state index contributed by atoms with van der Waals surface area (Å²) in [6, 6.07) is 11.0. The van der Waals surface area contributed by atoms with Gasteiger partial charge in [0.1, 0.15) is 23.3 Å². The maximum Gasteiger partial charge on any atom is 0.263 e. The summed E-state index contributed by atoms with van der Waals surface area (Å²) >= 11 is 12.3. The maximum atomic E-state index is 11.9. The van der Waals surface area contributed by atoms with Gasteiger partial charge in [0.25, 0.3) is 5.91 Å². The Hall–Kier alpha value is -2.48. The van der Waals surface area contributed by atoms with E-state index in [2.05, 4.69) is 11.9 Å². The summed E-state index contributed by atoms with van der Waals surface area (Å²) in [4.78, 5) is 12.4. The monoisotopic (exact) mass is 461 g/mol. The van der Waals surface area contributed by atoms with Gasteiger partial charge in [-0.25, -0.2) is 0 Å². The number of thiocarbonyl (C=S) groups is 1. The van der Waals surface area contributed by atoms with Gasteiger partial charge >= 0.3 is 0 Å². The fourth-order valence-corrected chi connectivity index (χ4v) is 3.97. The first-order valence-electron chi connectivity index (χ1n) is 9.08. The van der Waals surface area contributed by atoms with Crippen LogP contribution in [0.3, 0.4) is 0 Å². The van der Waals surface area contributed by atoms with Crippen LogP contribution in [0.2, 0.25) is 5.02 Å². The molecule has 0 saturated carbocycles. The minimum Gasteiger partial charge on any atom is -0.493 e. The van der Waals surface area contributed by atoms with Crippen molar-refractivity contribution in [3.05, 3.63) is 70.1 Å². The second-order valence-electron chi connectivity index (χ2n) is 6.21. The lowest BCUT2D eigenvalue weighted by Gasteiger charge is -2.13. The summed E-state index contributed by atoms with van der Waals surface area (Å²) in [5.74, 6) is 1.66. The van der Waals surface area contributed by atoms with Crippen LogP contribution in [0.25, 0.3) is 6.08 Å². The van der Waals surface area contributed by atoms with E-state index in [1.165, 1.54) is 11.8 Å². The average molecular weight is 462 g/mol. The Morgan fingerprint density at radius 2 is 1.87 bits per heavy atom. The summed E-state index contributed by atoms with van der Waals surface area (Å²) < 4.78 is 17.5. The summed E-state index contributed by atoms with van der Waals surface area (Å²) in [6.07, 6.45) is 4.31. The summed E-state index contributed by atoms with van der Waals surface area (Å²) in [5, 5.41) is 3.13. The number of benzene rings is 2. The normalized spacial score (nSPS) is 14.5. The summed E-state index contributed by atoms with van der Waals surface area (Å²) in [7, 11) is 1.60. The molecule has 0 aromatic heterocycles. The number of hydrogen-bond donors (Lipinski definition) is 1. The lowest BCUT2D eigenvalue weighted by molar-refractivity contribution is -0.115. The van der Waals surface area contributed by atoms with Crippen LogP contribution in [0.15, 0.2) is 54.0 Å². The molecule has 3 rings (SSSR count). The van der Waals surface area contributed by atoms with Gasteiger partial charge < -0.3 is 19.5 Å². The van der Waals surface area contributed by atoms with Crippen LogP contribution in [0.5, 0.6) is 17.2 Å². The molecule has 0 spiro atoms. The number of halogens is 1. The van der Waals surface area contributed by atoms with Crippen LogP contribution in [-0.4, -0.2) is 30.6 Å². The van der Waals surface area contributed by atoms with E-state index in [1.807, 2.05) is 24.3 Å². The largest absolute Gasteiger partial charge is 0.493 e. The van der Waals surface area contributed by atoms with E-state index in [0.29, 0.717) is 50.3 Å². The van der Waals surface area contributed by atoms with E-state index >= 15 is 0 Å². The first-order chi connectivity index (χ1) is 14.5. The highest BCUT2D eigenvalue weighted by Gasteiger charge is 2.22. The molecule has 1 aliphatic heterocycles. The Labute approximate surface area is 190 Å². The Morgan fingerprint density at radius 1 is 1.13 bits per heavy atom. The Balaban J connectivity index is 1.64. The molecule has 30 heavy (non-hydrogen) atoms. The van der Waals surface area contributed by atoms with Crippen LogP contribution in [0.4, 0.5) is 0 Å². The minimum absolute atomic E-state index is 0.230. The zero-order valence-corrected chi connectivity index (χ0v) is 18.7. The van der Waals surface area contributed by atoms with Crippen molar-refractivity contribution in [2.24, 2.45) is 0 Å². The number of hydrogen-bond acceptors (Lipinski definition) is 6. The molecule has 2 aromatic carbocycles. The zero-order valence-electron chi connectivity index (χ0n) is 16.3. The molecule has 156 valence electrons. The predicted octanol–water partition coefficient (Wildman–Crippen LogP) is 5.02. The van der Waals surface area contributed by atoms with Gasteiger partial charge in [-0.2, -0.15) is 0 Å². The van der Waals surface area contributed by atoms with Crippen LogP contribution in [0.1, 0.15) is 11.1 Å². The number of carbonyl (C=O) groups excluding carboxylic acids is 1. The first kappa shape index (κ1) is 22.2. The molecule has 0 bridgehead atoms. The molecule has 1 amide bonds. The van der Waals surface area contributed by atoms with E-state index in [4.69, 9.17) is 38.0 Å². The maximum absolute atomic E-state index is 11.9. The number of allylic oxidation sites excluding steroid dienone is 1. The van der Waals surface area contributed by atoms with E-state index in [0.717, 1.165) is 12.0 Å². The van der Waals surface area contributed by atoms with Gasteiger partial charge in [-0.15, -0.1) is 6.58 Å². The third kappa shape index (κ3) is 5.78. The zero-order chi connectivity index (χ0) is 21.5. The quantitative estimate of drug-likeness (QED) is 0.245. The molecule has 1 aliphatic rings. The molecule has 0 atom stereocenters. The number of methoxy groups -OCH3 is 1. The minimum atomic E-state index is -0.230. The van der Waals surface area contributed by atoms with Gasteiger partial charge in [0, 0.05) is 10.6 Å². The summed E-state index contributed by atoms with van der Waals surface area (Å²) in [5.41, 5.74) is 1.79. The molecule has 8 heteroatoms. The number of nitrogens with one attached hydrogen (secondary N) is 1. The van der Waals surface area contributed by atoms with Crippen molar-refractivity contribution in [1.82, 2.24) is 5.32 Å². The van der Waals surface area contributed by atoms with Gasteiger partial charge in [0.2, 0.25) is 0 Å². The molecule has 0 unspecified atom stereocenters. The number of rotatable bonds is 9. The first-order valence-corrected chi connectivity index (χ1v) is 10.7. The molecule has 1 heterocycles. The molecule has 0 aliphatic carbocycles. The lowest BCUT2D eigenvalue weighted by atomic mass is 10.1. The molecule has 0 radical (unpaired) electrons. The highest BCUT2D eigenvalue weighted by molar-refractivity contribution is 8.26. The van der Waals surface area contributed by atoms with Gasteiger partial charge in [-0.05, 0) is 48.4 Å². The van der Waals surface area contributed by atoms with E-state index in [-0.39, 0.29) is 5.91 Å². The van der Waals surface area contributed by atoms with Crippen molar-refractivity contribution < 1.29 is 19.0 Å². The fraction of sp³-hybridized carbons (Fsp3) is 0.182. The molecule has 1 saturated heterocycles. The van der Waals surface area contributed by atoms with E-state index < -0.39 is 0 Å². The summed E-state index contributed by atoms with van der Waals surface area (Å²) in [6.45, 7) is 4.36. The van der Waals surface area contributed by atoms with Crippen LogP contribution >= 0.6 is 35.6 Å². The third-order valence-corrected chi connectivity index (χ3v) is 5.50. The van der Waals surface area contributed by atoms with Crippen molar-refractivity contribution in [2.45, 2.75) is 6.42 Å². The van der Waals surface area contributed by atoms with Gasteiger partial charge in [-0.1, -0.05) is 47.7 Å². The van der Waals surface area contributed by atoms with Crippen molar-refractivity contribution in [1.29, 1.82) is 0 Å². The van der Waals surface area contributed by atoms with Crippen LogP contribution < -0.4 is 19.5 Å². The number of thioether (sulfide) groups is 1. The van der Waals surface area contributed by atoms with E-state index in [1.54, 1.807) is 31.4 Å². The van der Waals surface area contributed by atoms with Crippen LogP contribution in [0, 0.1) is 0 Å². The van der Waals surface area contributed by atoms with Crippen LogP contribution in [-0.2, 0) is 11.2 Å². The van der Waals surface area contributed by atoms with Crippen molar-refractivity contribution in [3.63, 3.8) is 0 Å². The second kappa shape index (κ2) is 10.5. The topological polar surface area (TPSA) is 56.8 Å². The van der Waals surface area contributed by atoms with Gasteiger partial charge in [0.15, 0.2) is 11.5 Å². The SMILES string of the molecule is C=CCc1ccc(OCCOc2ccc(Cl)cc2/C=C2/SC(=S)NC2=O)c(OC)c1.